The first-order valence-corrected chi connectivity index (χ1v) is 6.33. The zero-order chi connectivity index (χ0) is 14.9. The average molecular weight is 280 g/mol. The Kier molecular flexibility index (Phi) is 3.73. The fourth-order valence-electron chi connectivity index (χ4n) is 2.12. The van der Waals surface area contributed by atoms with Crippen molar-refractivity contribution < 1.29 is 9.90 Å². The third-order valence-electron chi connectivity index (χ3n) is 3.11. The van der Waals surface area contributed by atoms with Crippen LogP contribution in [0.4, 0.5) is 0 Å². The van der Waals surface area contributed by atoms with E-state index in [2.05, 4.69) is 4.98 Å². The van der Waals surface area contributed by atoms with Gasteiger partial charge >= 0.3 is 11.7 Å². The van der Waals surface area contributed by atoms with E-state index in [1.54, 1.807) is 0 Å². The van der Waals surface area contributed by atoms with Crippen LogP contribution in [0.3, 0.4) is 0 Å². The third-order valence-corrected chi connectivity index (χ3v) is 3.11. The van der Waals surface area contributed by atoms with E-state index in [0.717, 1.165) is 11.0 Å². The standard InChI is InChI=1S/C12H16N4O4/c1-3-5-16-10-9(11(19)14(2)12(16)20)15(7-13-10)6-4-8(17)18/h7H,3-6H2,1-2H3,(H,17,18). The fourth-order valence-corrected chi connectivity index (χ4v) is 2.12. The van der Waals surface area contributed by atoms with E-state index in [9.17, 15) is 14.4 Å². The number of rotatable bonds is 5. The van der Waals surface area contributed by atoms with Crippen LogP contribution in [0.5, 0.6) is 0 Å². The van der Waals surface area contributed by atoms with E-state index in [1.807, 2.05) is 6.92 Å². The molecule has 0 aliphatic rings. The van der Waals surface area contributed by atoms with Crippen LogP contribution in [0.25, 0.3) is 11.2 Å². The Morgan fingerprint density at radius 3 is 2.65 bits per heavy atom. The van der Waals surface area contributed by atoms with E-state index in [0.29, 0.717) is 12.2 Å². The first-order valence-electron chi connectivity index (χ1n) is 6.33. The Morgan fingerprint density at radius 1 is 1.35 bits per heavy atom. The van der Waals surface area contributed by atoms with Gasteiger partial charge < -0.3 is 9.67 Å². The molecule has 0 spiro atoms. The summed E-state index contributed by atoms with van der Waals surface area (Å²) < 4.78 is 3.95. The van der Waals surface area contributed by atoms with Crippen molar-refractivity contribution in [2.75, 3.05) is 0 Å². The second-order valence-corrected chi connectivity index (χ2v) is 4.55. The average Bonchev–Trinajstić information content (AvgIpc) is 2.82. The number of aryl methyl sites for hydroxylation is 2. The first-order chi connectivity index (χ1) is 9.47. The monoisotopic (exact) mass is 280 g/mol. The summed E-state index contributed by atoms with van der Waals surface area (Å²) in [5.74, 6) is -0.953. The second kappa shape index (κ2) is 5.32. The summed E-state index contributed by atoms with van der Waals surface area (Å²) in [6, 6.07) is 0. The molecule has 2 rings (SSSR count). The van der Waals surface area contributed by atoms with Crippen molar-refractivity contribution in [1.29, 1.82) is 0 Å². The van der Waals surface area contributed by atoms with Crippen LogP contribution in [0.2, 0.25) is 0 Å². The summed E-state index contributed by atoms with van der Waals surface area (Å²) in [5, 5.41) is 8.72. The van der Waals surface area contributed by atoms with Crippen molar-refractivity contribution in [2.24, 2.45) is 7.05 Å². The molecule has 8 nitrogen and oxygen atoms in total. The maximum atomic E-state index is 12.2. The summed E-state index contributed by atoms with van der Waals surface area (Å²) in [4.78, 5) is 39.0. The lowest BCUT2D eigenvalue weighted by Crippen LogP contribution is -2.38. The van der Waals surface area contributed by atoms with Crippen molar-refractivity contribution in [3.8, 4) is 0 Å². The Morgan fingerprint density at radius 2 is 2.05 bits per heavy atom. The highest BCUT2D eigenvalue weighted by molar-refractivity contribution is 5.71. The van der Waals surface area contributed by atoms with Crippen molar-refractivity contribution in [3.63, 3.8) is 0 Å². The minimum atomic E-state index is -0.953. The summed E-state index contributed by atoms with van der Waals surface area (Å²) in [7, 11) is 1.41. The number of imidazole rings is 1. The molecular formula is C12H16N4O4. The summed E-state index contributed by atoms with van der Waals surface area (Å²) in [6.45, 7) is 2.52. The smallest absolute Gasteiger partial charge is 0.332 e. The topological polar surface area (TPSA) is 99.1 Å². The highest BCUT2D eigenvalue weighted by Gasteiger charge is 2.16. The van der Waals surface area contributed by atoms with Crippen LogP contribution >= 0.6 is 0 Å². The number of aliphatic carboxylic acids is 1. The maximum absolute atomic E-state index is 12.2. The molecule has 0 unspecified atom stereocenters. The van der Waals surface area contributed by atoms with Gasteiger partial charge in [0.05, 0.1) is 12.7 Å². The first kappa shape index (κ1) is 14.0. The van der Waals surface area contributed by atoms with Gasteiger partial charge in [-0.1, -0.05) is 6.92 Å². The summed E-state index contributed by atoms with van der Waals surface area (Å²) in [5.41, 5.74) is -0.291. The number of carboxylic acids is 1. The predicted molar refractivity (Wildman–Crippen MR) is 71.8 cm³/mol. The van der Waals surface area contributed by atoms with Gasteiger partial charge in [-0.05, 0) is 6.42 Å². The number of hydrogen-bond acceptors (Lipinski definition) is 4. The molecular weight excluding hydrogens is 264 g/mol. The lowest BCUT2D eigenvalue weighted by atomic mass is 10.4. The van der Waals surface area contributed by atoms with E-state index >= 15 is 0 Å². The Bertz CT molecular complexity index is 768. The lowest BCUT2D eigenvalue weighted by Gasteiger charge is -2.08. The van der Waals surface area contributed by atoms with Crippen molar-refractivity contribution >= 4 is 17.1 Å². The molecule has 2 aromatic heterocycles. The van der Waals surface area contributed by atoms with Crippen LogP contribution < -0.4 is 11.2 Å². The lowest BCUT2D eigenvalue weighted by molar-refractivity contribution is -0.137. The molecule has 20 heavy (non-hydrogen) atoms. The molecule has 0 atom stereocenters. The minimum Gasteiger partial charge on any atom is -0.481 e. The van der Waals surface area contributed by atoms with Gasteiger partial charge in [-0.3, -0.25) is 18.7 Å². The van der Waals surface area contributed by atoms with E-state index in [4.69, 9.17) is 5.11 Å². The molecule has 108 valence electrons. The Labute approximate surface area is 113 Å². The quantitative estimate of drug-likeness (QED) is 0.816. The van der Waals surface area contributed by atoms with Gasteiger partial charge in [-0.25, -0.2) is 9.78 Å². The van der Waals surface area contributed by atoms with Crippen molar-refractivity contribution in [1.82, 2.24) is 18.7 Å². The normalized spacial score (nSPS) is 11.1. The highest BCUT2D eigenvalue weighted by atomic mass is 16.4. The van der Waals surface area contributed by atoms with Crippen LogP contribution in [0, 0.1) is 0 Å². The molecule has 0 aliphatic heterocycles. The molecule has 0 amide bonds. The number of aromatic nitrogens is 4. The van der Waals surface area contributed by atoms with E-state index in [1.165, 1.54) is 22.5 Å². The summed E-state index contributed by atoms with van der Waals surface area (Å²) in [6.07, 6.45) is 2.03. The fraction of sp³-hybridized carbons (Fsp3) is 0.500. The zero-order valence-corrected chi connectivity index (χ0v) is 11.4. The molecule has 0 aromatic carbocycles. The van der Waals surface area contributed by atoms with Crippen LogP contribution in [-0.4, -0.2) is 29.8 Å². The molecule has 0 aliphatic carbocycles. The van der Waals surface area contributed by atoms with Crippen LogP contribution in [-0.2, 0) is 24.9 Å². The van der Waals surface area contributed by atoms with Gasteiger partial charge in [-0.2, -0.15) is 0 Å². The SMILES string of the molecule is CCCn1c(=O)n(C)c(=O)c2c1ncn2CCC(=O)O. The maximum Gasteiger partial charge on any atom is 0.332 e. The van der Waals surface area contributed by atoms with Crippen LogP contribution in [0.1, 0.15) is 19.8 Å². The van der Waals surface area contributed by atoms with Gasteiger partial charge in [0.1, 0.15) is 0 Å². The number of nitrogens with zero attached hydrogens (tertiary/aromatic N) is 4. The van der Waals surface area contributed by atoms with Crippen molar-refractivity contribution in [3.05, 3.63) is 27.2 Å². The van der Waals surface area contributed by atoms with Crippen LogP contribution in [0.15, 0.2) is 15.9 Å². The minimum absolute atomic E-state index is 0.110. The van der Waals surface area contributed by atoms with Gasteiger partial charge in [0, 0.05) is 20.1 Å². The molecule has 2 aromatic rings. The molecule has 2 heterocycles. The number of fused-ring (bicyclic) bond motifs is 1. The number of carbonyl (C=O) groups is 1. The number of carboxylic acid groups (broad SMARTS) is 1. The van der Waals surface area contributed by atoms with Crippen molar-refractivity contribution in [2.45, 2.75) is 32.9 Å². The van der Waals surface area contributed by atoms with Gasteiger partial charge in [0.15, 0.2) is 11.2 Å². The van der Waals surface area contributed by atoms with Gasteiger partial charge in [-0.15, -0.1) is 0 Å². The highest BCUT2D eigenvalue weighted by Crippen LogP contribution is 2.07. The largest absolute Gasteiger partial charge is 0.481 e. The van der Waals surface area contributed by atoms with E-state index < -0.39 is 17.2 Å². The summed E-state index contributed by atoms with van der Waals surface area (Å²) >= 11 is 0. The molecule has 0 saturated heterocycles. The molecule has 0 saturated carbocycles. The molecule has 0 radical (unpaired) electrons. The molecule has 0 fully saturated rings. The van der Waals surface area contributed by atoms with Gasteiger partial charge in [0.25, 0.3) is 5.56 Å². The number of hydrogen-bond donors (Lipinski definition) is 1. The molecule has 8 heteroatoms. The Balaban J connectivity index is 2.68. The molecule has 1 N–H and O–H groups in total. The van der Waals surface area contributed by atoms with E-state index in [-0.39, 0.29) is 18.5 Å². The third kappa shape index (κ3) is 2.24. The van der Waals surface area contributed by atoms with Gasteiger partial charge in [0.2, 0.25) is 0 Å². The second-order valence-electron chi connectivity index (χ2n) is 4.55. The molecule has 0 bridgehead atoms. The zero-order valence-electron chi connectivity index (χ0n) is 11.4. The Hall–Kier alpha value is -2.38. The predicted octanol–water partition coefficient (Wildman–Crippen LogP) is -0.219.